The molecule has 0 aromatic heterocycles. The van der Waals surface area contributed by atoms with Crippen molar-refractivity contribution in [3.8, 4) is 0 Å². The Morgan fingerprint density at radius 3 is 2.62 bits per heavy atom. The minimum atomic E-state index is -0.805. The number of aliphatic hydroxyl groups excluding tert-OH is 1. The molecule has 0 aliphatic carbocycles. The van der Waals surface area contributed by atoms with Crippen molar-refractivity contribution in [3.05, 3.63) is 59.7 Å². The minimum Gasteiger partial charge on any atom is -0.394 e. The van der Waals surface area contributed by atoms with Gasteiger partial charge in [-0.05, 0) is 18.2 Å². The monoisotopic (exact) mass is 350 g/mol. The van der Waals surface area contributed by atoms with Gasteiger partial charge in [0.25, 0.3) is 5.91 Å². The first-order chi connectivity index (χ1) is 12.8. The summed E-state index contributed by atoms with van der Waals surface area (Å²) in [4.78, 5) is 19.3. The third-order valence-corrected chi connectivity index (χ3v) is 4.81. The third-order valence-electron chi connectivity index (χ3n) is 4.81. The molecule has 26 heavy (non-hydrogen) atoms. The lowest BCUT2D eigenvalue weighted by Gasteiger charge is -2.30. The van der Waals surface area contributed by atoms with Gasteiger partial charge in [0.05, 0.1) is 18.0 Å². The number of anilines is 2. The number of benzene rings is 2. The maximum atomic E-state index is 12.5. The quantitative estimate of drug-likeness (QED) is 0.779. The summed E-state index contributed by atoms with van der Waals surface area (Å²) in [5.74, 6) is -0.280. The zero-order valence-electron chi connectivity index (χ0n) is 14.5. The SMILES string of the molecule is O=C1Nc2cc(N3CCNCC3)ccc2C(c2ccccc2)=N[C@@H]1CO. The fraction of sp³-hybridized carbons (Fsp3) is 0.300. The molecule has 0 bridgehead atoms. The van der Waals surface area contributed by atoms with E-state index in [0.29, 0.717) is 0 Å². The van der Waals surface area contributed by atoms with Gasteiger partial charge in [-0.15, -0.1) is 0 Å². The van der Waals surface area contributed by atoms with E-state index < -0.39 is 6.04 Å². The highest BCUT2D eigenvalue weighted by molar-refractivity contribution is 6.20. The highest BCUT2D eigenvalue weighted by atomic mass is 16.3. The molecule has 1 atom stereocenters. The zero-order chi connectivity index (χ0) is 17.9. The van der Waals surface area contributed by atoms with Gasteiger partial charge < -0.3 is 20.6 Å². The maximum Gasteiger partial charge on any atom is 0.251 e. The lowest BCUT2D eigenvalue weighted by atomic mass is 10.00. The normalized spacial score (nSPS) is 20.0. The number of benzodiazepines with no additional fused rings is 1. The number of hydrogen-bond acceptors (Lipinski definition) is 5. The lowest BCUT2D eigenvalue weighted by Crippen LogP contribution is -2.43. The van der Waals surface area contributed by atoms with Crippen LogP contribution in [0, 0.1) is 0 Å². The number of carbonyl (C=O) groups excluding carboxylic acids is 1. The second-order valence-corrected chi connectivity index (χ2v) is 6.50. The van der Waals surface area contributed by atoms with Crippen LogP contribution in [0.5, 0.6) is 0 Å². The lowest BCUT2D eigenvalue weighted by molar-refractivity contribution is -0.118. The number of aliphatic imine (C=N–C) groups is 1. The van der Waals surface area contributed by atoms with Gasteiger partial charge in [-0.25, -0.2) is 0 Å². The highest BCUT2D eigenvalue weighted by Crippen LogP contribution is 2.29. The summed E-state index contributed by atoms with van der Waals surface area (Å²) in [6, 6.07) is 15.1. The number of hydrogen-bond donors (Lipinski definition) is 3. The van der Waals surface area contributed by atoms with Gasteiger partial charge in [-0.3, -0.25) is 9.79 Å². The molecule has 134 valence electrons. The Bertz CT molecular complexity index is 829. The van der Waals surface area contributed by atoms with Crippen molar-refractivity contribution >= 4 is 23.0 Å². The number of nitrogens with zero attached hydrogens (tertiary/aromatic N) is 2. The van der Waals surface area contributed by atoms with Gasteiger partial charge >= 0.3 is 0 Å². The van der Waals surface area contributed by atoms with Crippen LogP contribution in [0.2, 0.25) is 0 Å². The standard InChI is InChI=1S/C20H22N4O2/c25-13-18-20(26)23-17-12-15(24-10-8-21-9-11-24)6-7-16(17)19(22-18)14-4-2-1-3-5-14/h1-7,12,18,21,25H,8-11,13H2,(H,23,26)/t18-/m1/s1. The first-order valence-electron chi connectivity index (χ1n) is 8.91. The molecular weight excluding hydrogens is 328 g/mol. The molecule has 2 aliphatic rings. The Hall–Kier alpha value is -2.70. The molecular formula is C20H22N4O2. The number of rotatable bonds is 3. The van der Waals surface area contributed by atoms with Crippen LogP contribution in [0.15, 0.2) is 53.5 Å². The molecule has 2 aromatic rings. The average Bonchev–Trinajstić information content (AvgIpc) is 2.84. The van der Waals surface area contributed by atoms with Crippen LogP contribution in [0.3, 0.4) is 0 Å². The van der Waals surface area contributed by atoms with Crippen molar-refractivity contribution < 1.29 is 9.90 Å². The molecule has 0 unspecified atom stereocenters. The summed E-state index contributed by atoms with van der Waals surface area (Å²) in [6.07, 6.45) is 0. The van der Waals surface area contributed by atoms with E-state index in [1.54, 1.807) is 0 Å². The predicted octanol–water partition coefficient (Wildman–Crippen LogP) is 1.25. The number of carbonyl (C=O) groups is 1. The van der Waals surface area contributed by atoms with Crippen molar-refractivity contribution in [1.82, 2.24) is 5.32 Å². The number of nitrogens with one attached hydrogen (secondary N) is 2. The van der Waals surface area contributed by atoms with E-state index >= 15 is 0 Å². The molecule has 2 aliphatic heterocycles. The molecule has 1 amide bonds. The largest absolute Gasteiger partial charge is 0.394 e. The van der Waals surface area contributed by atoms with Crippen molar-refractivity contribution in [2.45, 2.75) is 6.04 Å². The Kier molecular flexibility index (Phi) is 4.69. The number of aliphatic hydroxyl groups is 1. The van der Waals surface area contributed by atoms with Gasteiger partial charge in [-0.1, -0.05) is 30.3 Å². The van der Waals surface area contributed by atoms with Crippen LogP contribution in [-0.2, 0) is 4.79 Å². The van der Waals surface area contributed by atoms with Gasteiger partial charge in [0.15, 0.2) is 6.04 Å². The minimum absolute atomic E-state index is 0.280. The molecule has 0 radical (unpaired) electrons. The van der Waals surface area contributed by atoms with Crippen molar-refractivity contribution in [2.75, 3.05) is 43.0 Å². The van der Waals surface area contributed by atoms with Crippen LogP contribution >= 0.6 is 0 Å². The van der Waals surface area contributed by atoms with Gasteiger partial charge in [-0.2, -0.15) is 0 Å². The van der Waals surface area contributed by atoms with Crippen LogP contribution < -0.4 is 15.5 Å². The number of fused-ring (bicyclic) bond motifs is 1. The van der Waals surface area contributed by atoms with Gasteiger partial charge in [0, 0.05) is 43.0 Å². The number of amides is 1. The van der Waals surface area contributed by atoms with E-state index in [1.807, 2.05) is 42.5 Å². The first kappa shape index (κ1) is 16.8. The summed E-state index contributed by atoms with van der Waals surface area (Å²) in [5, 5.41) is 15.9. The van der Waals surface area contributed by atoms with Crippen LogP contribution in [-0.4, -0.2) is 55.6 Å². The van der Waals surface area contributed by atoms with Crippen molar-refractivity contribution in [2.24, 2.45) is 4.99 Å². The van der Waals surface area contributed by atoms with Crippen LogP contribution in [0.4, 0.5) is 11.4 Å². The maximum absolute atomic E-state index is 12.5. The van der Waals surface area contributed by atoms with E-state index in [9.17, 15) is 9.90 Å². The van der Waals surface area contributed by atoms with Crippen molar-refractivity contribution in [3.63, 3.8) is 0 Å². The van der Waals surface area contributed by atoms with E-state index in [2.05, 4.69) is 26.6 Å². The molecule has 2 aromatic carbocycles. The topological polar surface area (TPSA) is 77.0 Å². The summed E-state index contributed by atoms with van der Waals surface area (Å²) < 4.78 is 0. The highest BCUT2D eigenvalue weighted by Gasteiger charge is 2.26. The summed E-state index contributed by atoms with van der Waals surface area (Å²) in [5.41, 5.74) is 4.35. The Labute approximate surface area is 152 Å². The molecule has 0 spiro atoms. The Balaban J connectivity index is 1.78. The van der Waals surface area contributed by atoms with E-state index in [4.69, 9.17) is 0 Å². The average molecular weight is 350 g/mol. The molecule has 4 rings (SSSR count). The molecule has 0 saturated carbocycles. The van der Waals surface area contributed by atoms with E-state index in [-0.39, 0.29) is 12.5 Å². The van der Waals surface area contributed by atoms with E-state index in [1.165, 1.54) is 0 Å². The van der Waals surface area contributed by atoms with E-state index in [0.717, 1.165) is 54.4 Å². The molecule has 2 heterocycles. The third kappa shape index (κ3) is 3.21. The molecule has 1 saturated heterocycles. The summed E-state index contributed by atoms with van der Waals surface area (Å²) in [6.45, 7) is 3.46. The Morgan fingerprint density at radius 1 is 1.12 bits per heavy atom. The summed E-state index contributed by atoms with van der Waals surface area (Å²) in [7, 11) is 0. The predicted molar refractivity (Wildman–Crippen MR) is 103 cm³/mol. The molecule has 6 heteroatoms. The summed E-state index contributed by atoms with van der Waals surface area (Å²) >= 11 is 0. The number of piperazine rings is 1. The van der Waals surface area contributed by atoms with Crippen molar-refractivity contribution in [1.29, 1.82) is 0 Å². The van der Waals surface area contributed by atoms with Gasteiger partial charge in [0.1, 0.15) is 0 Å². The second kappa shape index (κ2) is 7.27. The second-order valence-electron chi connectivity index (χ2n) is 6.50. The fourth-order valence-electron chi connectivity index (χ4n) is 3.41. The van der Waals surface area contributed by atoms with Crippen LogP contribution in [0.1, 0.15) is 11.1 Å². The fourth-order valence-corrected chi connectivity index (χ4v) is 3.41. The molecule has 3 N–H and O–H groups in total. The molecule has 6 nitrogen and oxygen atoms in total. The zero-order valence-corrected chi connectivity index (χ0v) is 14.5. The van der Waals surface area contributed by atoms with Gasteiger partial charge in [0.2, 0.25) is 0 Å². The smallest absolute Gasteiger partial charge is 0.251 e. The molecule has 1 fully saturated rings. The Morgan fingerprint density at radius 2 is 1.88 bits per heavy atom. The first-order valence-corrected chi connectivity index (χ1v) is 8.91. The van der Waals surface area contributed by atoms with Crippen LogP contribution in [0.25, 0.3) is 0 Å².